The van der Waals surface area contributed by atoms with Crippen LogP contribution in [0.4, 0.5) is 0 Å². The Morgan fingerprint density at radius 3 is 2.38 bits per heavy atom. The minimum Gasteiger partial charge on any atom is -0.383 e. The largest absolute Gasteiger partial charge is 0.383 e. The number of carbonyl (C=O) groups excluding carboxylic acids is 1. The van der Waals surface area contributed by atoms with Crippen LogP contribution in [0, 0.1) is 0 Å². The van der Waals surface area contributed by atoms with E-state index in [-0.39, 0.29) is 5.91 Å². The van der Waals surface area contributed by atoms with E-state index >= 15 is 0 Å². The Morgan fingerprint density at radius 1 is 1.14 bits per heavy atom. The number of aliphatic imine (C=N–C) groups is 1. The molecule has 1 aromatic rings. The molecule has 0 heterocycles. The quantitative estimate of drug-likeness (QED) is 0.397. The summed E-state index contributed by atoms with van der Waals surface area (Å²) in [5.41, 5.74) is 0.585. The highest BCUT2D eigenvalue weighted by molar-refractivity contribution is 6.30. The lowest BCUT2D eigenvalue weighted by atomic mass is 10.2. The van der Waals surface area contributed by atoms with Crippen LogP contribution in [-0.4, -0.2) is 52.3 Å². The van der Waals surface area contributed by atoms with Gasteiger partial charge in [0.2, 0.25) is 0 Å². The molecule has 0 unspecified atom stereocenters. The van der Waals surface area contributed by atoms with Gasteiger partial charge in [0.25, 0.3) is 5.91 Å². The minimum atomic E-state index is -0.129. The number of nitrogens with zero attached hydrogens (tertiary/aromatic N) is 1. The first-order chi connectivity index (χ1) is 10.2. The van der Waals surface area contributed by atoms with Crippen LogP contribution in [0.15, 0.2) is 29.3 Å². The van der Waals surface area contributed by atoms with Crippen molar-refractivity contribution in [1.29, 1.82) is 0 Å². The van der Waals surface area contributed by atoms with E-state index in [9.17, 15) is 4.79 Å². The van der Waals surface area contributed by atoms with E-state index in [1.165, 1.54) is 0 Å². The van der Waals surface area contributed by atoms with Crippen LogP contribution in [0.1, 0.15) is 10.4 Å². The van der Waals surface area contributed by atoms with Gasteiger partial charge in [-0.05, 0) is 24.3 Å². The van der Waals surface area contributed by atoms with Crippen molar-refractivity contribution in [3.63, 3.8) is 0 Å². The summed E-state index contributed by atoms with van der Waals surface area (Å²) in [5, 5.41) is 9.60. The van der Waals surface area contributed by atoms with Gasteiger partial charge in [-0.3, -0.25) is 9.79 Å². The maximum atomic E-state index is 11.8. The average Bonchev–Trinajstić information content (AvgIpc) is 2.50. The molecule has 1 amide bonds. The van der Waals surface area contributed by atoms with E-state index in [0.717, 1.165) is 0 Å². The smallest absolute Gasteiger partial charge is 0.251 e. The van der Waals surface area contributed by atoms with Gasteiger partial charge in [0.05, 0.1) is 6.61 Å². The third kappa shape index (κ3) is 6.97. The number of nitrogens with one attached hydrogen (secondary N) is 3. The molecular formula is C14H21ClN4O2. The maximum Gasteiger partial charge on any atom is 0.251 e. The molecule has 6 nitrogen and oxygen atoms in total. The van der Waals surface area contributed by atoms with E-state index < -0.39 is 0 Å². The van der Waals surface area contributed by atoms with Crippen molar-refractivity contribution in [2.75, 3.05) is 40.4 Å². The van der Waals surface area contributed by atoms with Crippen LogP contribution < -0.4 is 16.0 Å². The number of benzene rings is 1. The Hall–Kier alpha value is -1.79. The van der Waals surface area contributed by atoms with Crippen LogP contribution in [0.25, 0.3) is 0 Å². The Balaban J connectivity index is 2.23. The van der Waals surface area contributed by atoms with Gasteiger partial charge in [0.1, 0.15) is 0 Å². The lowest BCUT2D eigenvalue weighted by molar-refractivity contribution is 0.0954. The zero-order valence-electron chi connectivity index (χ0n) is 12.3. The number of carbonyl (C=O) groups is 1. The van der Waals surface area contributed by atoms with Gasteiger partial charge in [-0.1, -0.05) is 11.6 Å². The van der Waals surface area contributed by atoms with Gasteiger partial charge in [0, 0.05) is 44.4 Å². The van der Waals surface area contributed by atoms with Crippen molar-refractivity contribution in [2.24, 2.45) is 4.99 Å². The molecule has 21 heavy (non-hydrogen) atoms. The number of guanidine groups is 1. The molecule has 0 fully saturated rings. The van der Waals surface area contributed by atoms with E-state index in [0.29, 0.717) is 42.8 Å². The van der Waals surface area contributed by atoms with Crippen LogP contribution in [0.3, 0.4) is 0 Å². The summed E-state index contributed by atoms with van der Waals surface area (Å²) in [6, 6.07) is 6.76. The molecule has 0 radical (unpaired) electrons. The number of methoxy groups -OCH3 is 1. The Kier molecular flexibility index (Phi) is 8.23. The highest BCUT2D eigenvalue weighted by Crippen LogP contribution is 2.08. The van der Waals surface area contributed by atoms with E-state index in [4.69, 9.17) is 16.3 Å². The first-order valence-electron chi connectivity index (χ1n) is 6.64. The standard InChI is InChI=1S/C14H21ClN4O2/c1-16-14(19-9-10-21-2)18-8-7-17-13(20)11-3-5-12(15)6-4-11/h3-6H,7-10H2,1-2H3,(H,17,20)(H2,16,18,19). The van der Waals surface area contributed by atoms with Crippen LogP contribution in [-0.2, 0) is 4.74 Å². The first kappa shape index (κ1) is 17.3. The van der Waals surface area contributed by atoms with E-state index in [1.807, 2.05) is 0 Å². The van der Waals surface area contributed by atoms with Crippen LogP contribution in [0.2, 0.25) is 5.02 Å². The summed E-state index contributed by atoms with van der Waals surface area (Å²) in [5.74, 6) is 0.545. The van der Waals surface area contributed by atoms with Crippen molar-refractivity contribution >= 4 is 23.5 Å². The molecule has 0 saturated carbocycles. The normalized spacial score (nSPS) is 11.1. The molecule has 0 aliphatic carbocycles. The number of amides is 1. The highest BCUT2D eigenvalue weighted by atomic mass is 35.5. The fourth-order valence-corrected chi connectivity index (χ4v) is 1.68. The first-order valence-corrected chi connectivity index (χ1v) is 7.02. The molecule has 0 spiro atoms. The molecule has 3 N–H and O–H groups in total. The molecule has 0 aliphatic rings. The molecule has 0 saturated heterocycles. The lowest BCUT2D eigenvalue weighted by Gasteiger charge is -2.12. The second-order valence-corrected chi connectivity index (χ2v) is 4.62. The predicted molar refractivity (Wildman–Crippen MR) is 85.0 cm³/mol. The monoisotopic (exact) mass is 312 g/mol. The molecule has 0 bridgehead atoms. The number of ether oxygens (including phenoxy) is 1. The van der Waals surface area contributed by atoms with Crippen LogP contribution in [0.5, 0.6) is 0 Å². The van der Waals surface area contributed by atoms with Crippen molar-refractivity contribution in [3.05, 3.63) is 34.9 Å². The molecule has 1 aromatic carbocycles. The Morgan fingerprint density at radius 2 is 1.76 bits per heavy atom. The second kappa shape index (κ2) is 10.0. The maximum absolute atomic E-state index is 11.8. The average molecular weight is 313 g/mol. The number of rotatable bonds is 7. The minimum absolute atomic E-state index is 0.129. The molecule has 1 rings (SSSR count). The number of hydrogen-bond donors (Lipinski definition) is 3. The van der Waals surface area contributed by atoms with Gasteiger partial charge >= 0.3 is 0 Å². The van der Waals surface area contributed by atoms with E-state index in [1.54, 1.807) is 38.4 Å². The van der Waals surface area contributed by atoms with Gasteiger partial charge in [0.15, 0.2) is 5.96 Å². The van der Waals surface area contributed by atoms with Crippen molar-refractivity contribution in [1.82, 2.24) is 16.0 Å². The van der Waals surface area contributed by atoms with Gasteiger partial charge in [-0.2, -0.15) is 0 Å². The second-order valence-electron chi connectivity index (χ2n) is 4.18. The number of hydrogen-bond acceptors (Lipinski definition) is 3. The topological polar surface area (TPSA) is 74.8 Å². The van der Waals surface area contributed by atoms with Gasteiger partial charge in [-0.15, -0.1) is 0 Å². The molecule has 116 valence electrons. The molecule has 7 heteroatoms. The summed E-state index contributed by atoms with van der Waals surface area (Å²) in [7, 11) is 3.33. The van der Waals surface area contributed by atoms with Crippen molar-refractivity contribution in [2.45, 2.75) is 0 Å². The summed E-state index contributed by atoms with van der Waals surface area (Å²) in [6.07, 6.45) is 0. The van der Waals surface area contributed by atoms with Crippen molar-refractivity contribution < 1.29 is 9.53 Å². The predicted octanol–water partition coefficient (Wildman–Crippen LogP) is 0.881. The Bertz CT molecular complexity index is 463. The fourth-order valence-electron chi connectivity index (χ4n) is 1.55. The summed E-state index contributed by atoms with van der Waals surface area (Å²) >= 11 is 5.78. The zero-order chi connectivity index (χ0) is 15.5. The van der Waals surface area contributed by atoms with Crippen LogP contribution >= 0.6 is 11.6 Å². The molecular weight excluding hydrogens is 292 g/mol. The molecule has 0 aliphatic heterocycles. The lowest BCUT2D eigenvalue weighted by Crippen LogP contribution is -2.42. The Labute approximate surface area is 129 Å². The van der Waals surface area contributed by atoms with Gasteiger partial charge in [-0.25, -0.2) is 0 Å². The summed E-state index contributed by atoms with van der Waals surface area (Å²) in [6.45, 7) is 2.35. The SMILES string of the molecule is CN=C(NCCNC(=O)c1ccc(Cl)cc1)NCCOC. The summed E-state index contributed by atoms with van der Waals surface area (Å²) in [4.78, 5) is 15.9. The summed E-state index contributed by atoms with van der Waals surface area (Å²) < 4.78 is 4.94. The highest BCUT2D eigenvalue weighted by Gasteiger charge is 2.04. The third-order valence-electron chi connectivity index (χ3n) is 2.63. The molecule has 0 aromatic heterocycles. The molecule has 0 atom stereocenters. The fraction of sp³-hybridized carbons (Fsp3) is 0.429. The number of halogens is 1. The third-order valence-corrected chi connectivity index (χ3v) is 2.88. The van der Waals surface area contributed by atoms with Crippen molar-refractivity contribution in [3.8, 4) is 0 Å². The van der Waals surface area contributed by atoms with Gasteiger partial charge < -0.3 is 20.7 Å². The van der Waals surface area contributed by atoms with E-state index in [2.05, 4.69) is 20.9 Å². The zero-order valence-corrected chi connectivity index (χ0v) is 13.0.